The average Bonchev–Trinajstić information content (AvgIpc) is 2.87. The molecule has 10 heteroatoms. The Kier molecular flexibility index (Phi) is 6.27. The normalized spacial score (nSPS) is 25.7. The second-order valence-electron chi connectivity index (χ2n) is 10.8. The predicted octanol–water partition coefficient (Wildman–Crippen LogP) is 4.74. The van der Waals surface area contributed by atoms with Gasteiger partial charge in [0.2, 0.25) is 0 Å². The average molecular weight is 512 g/mol. The Labute approximate surface area is 213 Å². The molecule has 0 unspecified atom stereocenters. The predicted molar refractivity (Wildman–Crippen MR) is 136 cm³/mol. The standard InChI is InChI=1S/C27H31F2N5O3/c1-26-8-4-9-27(2,34(26)37)15-18(14-26)32(3)24-6-5-22(30-31-24)20-12-21(29)19(13-23(20)35)17-7-10-33(16-28)25(36)11-17/h5-7,10-13,18,35,37H,4,8-9,14-16H2,1-3H3/t18-,26-,27+. The molecule has 2 aliphatic rings. The number of anilines is 1. The number of rotatable bonds is 5. The van der Waals surface area contributed by atoms with Gasteiger partial charge in [0.05, 0.1) is 5.69 Å². The van der Waals surface area contributed by atoms with Gasteiger partial charge in [0.1, 0.15) is 11.6 Å². The first-order chi connectivity index (χ1) is 17.5. The van der Waals surface area contributed by atoms with Gasteiger partial charge < -0.3 is 15.2 Å². The van der Waals surface area contributed by atoms with Crippen molar-refractivity contribution in [2.24, 2.45) is 0 Å². The third kappa shape index (κ3) is 4.38. The Hall–Kier alpha value is -3.37. The van der Waals surface area contributed by atoms with Crippen LogP contribution in [0.1, 0.15) is 46.0 Å². The quantitative estimate of drug-likeness (QED) is 0.511. The first kappa shape index (κ1) is 25.3. The number of benzene rings is 1. The summed E-state index contributed by atoms with van der Waals surface area (Å²) in [4.78, 5) is 14.0. The molecule has 8 nitrogen and oxygen atoms in total. The SMILES string of the molecule is CN(c1ccc(-c2cc(F)c(-c3ccn(CF)c(=O)c3)cc2O)nn1)[C@H]1C[C@]2(C)CCC[C@](C)(C1)N2O. The molecule has 2 saturated heterocycles. The van der Waals surface area contributed by atoms with Gasteiger partial charge in [0.15, 0.2) is 12.6 Å². The fourth-order valence-electron chi connectivity index (χ4n) is 6.06. The molecule has 2 N–H and O–H groups in total. The van der Waals surface area contributed by atoms with E-state index in [1.165, 1.54) is 18.3 Å². The van der Waals surface area contributed by atoms with Crippen LogP contribution in [0.3, 0.4) is 0 Å². The number of hydrogen-bond acceptors (Lipinski definition) is 7. The number of pyridine rings is 1. The maximum atomic E-state index is 15.0. The number of phenolic OH excluding ortho intramolecular Hbond substituents is 1. The van der Waals surface area contributed by atoms with Crippen LogP contribution in [0.4, 0.5) is 14.6 Å². The van der Waals surface area contributed by atoms with Gasteiger partial charge in [-0.1, -0.05) is 0 Å². The van der Waals surface area contributed by atoms with Gasteiger partial charge in [0, 0.05) is 47.6 Å². The maximum absolute atomic E-state index is 15.0. The minimum absolute atomic E-state index is 0.0245. The number of nitrogens with zero attached hydrogens (tertiary/aromatic N) is 5. The monoisotopic (exact) mass is 511 g/mol. The minimum atomic E-state index is -0.977. The summed E-state index contributed by atoms with van der Waals surface area (Å²) in [6, 6.07) is 8.55. The van der Waals surface area contributed by atoms with Gasteiger partial charge in [-0.2, -0.15) is 5.06 Å². The Morgan fingerprint density at radius 2 is 1.78 bits per heavy atom. The number of piperidine rings is 2. The van der Waals surface area contributed by atoms with Gasteiger partial charge in [0.25, 0.3) is 5.56 Å². The Morgan fingerprint density at radius 1 is 1.08 bits per heavy atom. The fraction of sp³-hybridized carbons (Fsp3) is 0.444. The second kappa shape index (κ2) is 9.18. The lowest BCUT2D eigenvalue weighted by Gasteiger charge is -2.59. The summed E-state index contributed by atoms with van der Waals surface area (Å²) < 4.78 is 28.7. The van der Waals surface area contributed by atoms with Crippen molar-refractivity contribution in [1.29, 1.82) is 0 Å². The summed E-state index contributed by atoms with van der Waals surface area (Å²) in [5.41, 5.74) is -0.461. The van der Waals surface area contributed by atoms with E-state index in [0.29, 0.717) is 11.5 Å². The van der Waals surface area contributed by atoms with Crippen LogP contribution in [0, 0.1) is 5.82 Å². The molecule has 2 fully saturated rings. The summed E-state index contributed by atoms with van der Waals surface area (Å²) in [7, 11) is 1.96. The summed E-state index contributed by atoms with van der Waals surface area (Å²) in [5.74, 6) is -0.224. The molecule has 2 bridgehead atoms. The van der Waals surface area contributed by atoms with Crippen LogP contribution in [-0.4, -0.2) is 54.3 Å². The zero-order valence-electron chi connectivity index (χ0n) is 21.2. The van der Waals surface area contributed by atoms with Crippen LogP contribution in [0.5, 0.6) is 5.75 Å². The molecule has 1 aromatic carbocycles. The molecule has 0 aliphatic carbocycles. The van der Waals surface area contributed by atoms with E-state index in [0.717, 1.165) is 48.8 Å². The Morgan fingerprint density at radius 3 is 2.38 bits per heavy atom. The largest absolute Gasteiger partial charge is 0.507 e. The molecule has 0 spiro atoms. The highest BCUT2D eigenvalue weighted by Gasteiger charge is 2.53. The number of hydrogen-bond donors (Lipinski definition) is 2. The number of phenols is 1. The first-order valence-corrected chi connectivity index (χ1v) is 12.4. The lowest BCUT2D eigenvalue weighted by Crippen LogP contribution is -2.67. The lowest BCUT2D eigenvalue weighted by atomic mass is 9.68. The number of aromatic hydroxyl groups is 1. The molecule has 2 aromatic heterocycles. The first-order valence-electron chi connectivity index (χ1n) is 12.4. The third-order valence-electron chi connectivity index (χ3n) is 8.16. The number of fused-ring (bicyclic) bond motifs is 2. The fourth-order valence-corrected chi connectivity index (χ4v) is 6.06. The molecule has 0 amide bonds. The van der Waals surface area contributed by atoms with Gasteiger partial charge in [-0.25, -0.2) is 8.78 Å². The van der Waals surface area contributed by atoms with Crippen LogP contribution in [-0.2, 0) is 6.80 Å². The Balaban J connectivity index is 1.39. The third-order valence-corrected chi connectivity index (χ3v) is 8.16. The number of alkyl halides is 1. The summed E-state index contributed by atoms with van der Waals surface area (Å²) in [5, 5.41) is 31.6. The maximum Gasteiger partial charge on any atom is 0.253 e. The second-order valence-corrected chi connectivity index (χ2v) is 10.8. The molecule has 2 aliphatic heterocycles. The van der Waals surface area contributed by atoms with E-state index in [2.05, 4.69) is 28.9 Å². The van der Waals surface area contributed by atoms with Crippen molar-refractivity contribution in [3.05, 3.63) is 58.8 Å². The molecule has 4 heterocycles. The minimum Gasteiger partial charge on any atom is -0.507 e. The topological polar surface area (TPSA) is 94.7 Å². The summed E-state index contributed by atoms with van der Waals surface area (Å²) in [6.45, 7) is 3.23. The van der Waals surface area contributed by atoms with Crippen molar-refractivity contribution in [3.8, 4) is 28.1 Å². The van der Waals surface area contributed by atoms with Gasteiger partial charge in [-0.15, -0.1) is 10.2 Å². The van der Waals surface area contributed by atoms with Gasteiger partial charge in [-0.05, 0) is 81.8 Å². The number of aromatic nitrogens is 3. The van der Waals surface area contributed by atoms with E-state index in [1.807, 2.05) is 7.05 Å². The van der Waals surface area contributed by atoms with Crippen LogP contribution < -0.4 is 10.5 Å². The van der Waals surface area contributed by atoms with E-state index in [1.54, 1.807) is 17.2 Å². The van der Waals surface area contributed by atoms with Crippen molar-refractivity contribution in [2.75, 3.05) is 11.9 Å². The summed E-state index contributed by atoms with van der Waals surface area (Å²) in [6.07, 6.45) is 5.79. The van der Waals surface area contributed by atoms with Crippen LogP contribution in [0.2, 0.25) is 0 Å². The van der Waals surface area contributed by atoms with Crippen molar-refractivity contribution >= 4 is 5.82 Å². The summed E-state index contributed by atoms with van der Waals surface area (Å²) >= 11 is 0. The molecule has 0 radical (unpaired) electrons. The van der Waals surface area contributed by atoms with Gasteiger partial charge in [-0.3, -0.25) is 9.36 Å². The van der Waals surface area contributed by atoms with Crippen LogP contribution in [0.25, 0.3) is 22.4 Å². The van der Waals surface area contributed by atoms with E-state index < -0.39 is 18.2 Å². The molecule has 196 valence electrons. The molecule has 5 rings (SSSR count). The molecule has 3 atom stereocenters. The lowest BCUT2D eigenvalue weighted by molar-refractivity contribution is -0.273. The number of halogens is 2. The zero-order valence-corrected chi connectivity index (χ0v) is 21.2. The van der Waals surface area contributed by atoms with Crippen LogP contribution in [0.15, 0.2) is 47.4 Å². The molecule has 3 aromatic rings. The Bertz CT molecular complexity index is 1360. The molecular formula is C27H31F2N5O3. The van der Waals surface area contributed by atoms with Crippen molar-refractivity contribution in [3.63, 3.8) is 0 Å². The zero-order chi connectivity index (χ0) is 26.5. The highest BCUT2D eigenvalue weighted by Crippen LogP contribution is 2.48. The van der Waals surface area contributed by atoms with E-state index in [-0.39, 0.29) is 39.6 Å². The van der Waals surface area contributed by atoms with Crippen molar-refractivity contribution in [1.82, 2.24) is 19.8 Å². The smallest absolute Gasteiger partial charge is 0.253 e. The van der Waals surface area contributed by atoms with Crippen LogP contribution >= 0.6 is 0 Å². The molecular weight excluding hydrogens is 480 g/mol. The van der Waals surface area contributed by atoms with Crippen molar-refractivity contribution < 1.29 is 19.1 Å². The van der Waals surface area contributed by atoms with E-state index in [9.17, 15) is 19.5 Å². The highest BCUT2D eigenvalue weighted by atomic mass is 19.1. The van der Waals surface area contributed by atoms with E-state index in [4.69, 9.17) is 0 Å². The van der Waals surface area contributed by atoms with Gasteiger partial charge >= 0.3 is 0 Å². The molecule has 37 heavy (non-hydrogen) atoms. The van der Waals surface area contributed by atoms with E-state index >= 15 is 4.39 Å². The molecule has 0 saturated carbocycles. The van der Waals surface area contributed by atoms with Crippen molar-refractivity contribution in [2.45, 2.75) is 69.9 Å². The highest BCUT2D eigenvalue weighted by molar-refractivity contribution is 5.74. The number of hydroxylamine groups is 2.